The molecule has 0 aliphatic carbocycles. The Morgan fingerprint density at radius 2 is 1.95 bits per heavy atom. The molecule has 1 heterocycles. The van der Waals surface area contributed by atoms with E-state index < -0.39 is 0 Å². The average molecular weight is 261 g/mol. The predicted molar refractivity (Wildman–Crippen MR) is 71.4 cm³/mol. The summed E-state index contributed by atoms with van der Waals surface area (Å²) in [5.41, 5.74) is 0.529. The molecule has 0 radical (unpaired) electrons. The minimum Gasteiger partial charge on any atom is -0.364 e. The molecule has 0 aromatic heterocycles. The van der Waals surface area contributed by atoms with E-state index in [0.29, 0.717) is 18.7 Å². The molecule has 0 saturated carbocycles. The second-order valence-corrected chi connectivity index (χ2v) is 4.98. The number of hydrogen-bond acceptors (Lipinski definition) is 4. The summed E-state index contributed by atoms with van der Waals surface area (Å²) in [6.07, 6.45) is 0.920. The second kappa shape index (κ2) is 5.97. The first-order chi connectivity index (χ1) is 9.11. The molecule has 1 aliphatic rings. The standard InChI is InChI=1S/C15H19NO3/c1-3-12-9-16(10-14(12)11(2)17)19-15(18)13-7-5-4-6-8-13/h4-8,12,14H,3,9-10H2,1-2H3/t12-,14-/m1/s1. The maximum atomic E-state index is 11.9. The zero-order valence-corrected chi connectivity index (χ0v) is 11.3. The quantitative estimate of drug-likeness (QED) is 0.834. The Balaban J connectivity index is 1.98. The van der Waals surface area contributed by atoms with Crippen LogP contribution in [-0.4, -0.2) is 29.9 Å². The first-order valence-electron chi connectivity index (χ1n) is 6.64. The third kappa shape index (κ3) is 3.20. The Morgan fingerprint density at radius 3 is 2.47 bits per heavy atom. The summed E-state index contributed by atoms with van der Waals surface area (Å²) in [5, 5.41) is 1.62. The van der Waals surface area contributed by atoms with Crippen molar-refractivity contribution in [3.05, 3.63) is 35.9 Å². The van der Waals surface area contributed by atoms with Gasteiger partial charge in [0.1, 0.15) is 5.78 Å². The van der Waals surface area contributed by atoms with E-state index in [1.165, 1.54) is 0 Å². The summed E-state index contributed by atoms with van der Waals surface area (Å²) in [6.45, 7) is 4.81. The van der Waals surface area contributed by atoms with Crippen LogP contribution in [0.15, 0.2) is 30.3 Å². The maximum Gasteiger partial charge on any atom is 0.357 e. The largest absolute Gasteiger partial charge is 0.364 e. The van der Waals surface area contributed by atoms with Gasteiger partial charge in [0.05, 0.1) is 5.56 Å². The van der Waals surface area contributed by atoms with Crippen molar-refractivity contribution in [3.8, 4) is 0 Å². The Bertz CT molecular complexity index is 458. The minimum atomic E-state index is -0.361. The Labute approximate surface area is 113 Å². The van der Waals surface area contributed by atoms with Crippen LogP contribution >= 0.6 is 0 Å². The number of carbonyl (C=O) groups excluding carboxylic acids is 2. The van der Waals surface area contributed by atoms with E-state index in [1.807, 2.05) is 6.07 Å². The SMILES string of the molecule is CC[C@@H]1CN(OC(=O)c2ccccc2)C[C@@H]1C(C)=O. The molecule has 2 atom stereocenters. The minimum absolute atomic E-state index is 0.0198. The molecule has 4 heteroatoms. The predicted octanol–water partition coefficient (Wildman–Crippen LogP) is 2.31. The molecule has 4 nitrogen and oxygen atoms in total. The van der Waals surface area contributed by atoms with Crippen molar-refractivity contribution < 1.29 is 14.4 Å². The summed E-state index contributed by atoms with van der Waals surface area (Å²) in [4.78, 5) is 28.8. The van der Waals surface area contributed by atoms with E-state index in [0.717, 1.165) is 6.42 Å². The van der Waals surface area contributed by atoms with Gasteiger partial charge in [0.25, 0.3) is 0 Å². The molecular formula is C15H19NO3. The highest BCUT2D eigenvalue weighted by Gasteiger charge is 2.36. The molecule has 0 N–H and O–H groups in total. The number of hydroxylamine groups is 2. The lowest BCUT2D eigenvalue weighted by atomic mass is 9.91. The van der Waals surface area contributed by atoms with E-state index in [9.17, 15) is 9.59 Å². The van der Waals surface area contributed by atoms with Crippen molar-refractivity contribution in [1.29, 1.82) is 0 Å². The number of carbonyl (C=O) groups is 2. The highest BCUT2D eigenvalue weighted by Crippen LogP contribution is 2.27. The van der Waals surface area contributed by atoms with Gasteiger partial charge in [0.2, 0.25) is 0 Å². The van der Waals surface area contributed by atoms with Gasteiger partial charge >= 0.3 is 5.97 Å². The first kappa shape index (κ1) is 13.7. The fourth-order valence-electron chi connectivity index (χ4n) is 2.52. The van der Waals surface area contributed by atoms with Gasteiger partial charge in [-0.2, -0.15) is 0 Å². The number of rotatable bonds is 4. The van der Waals surface area contributed by atoms with Crippen LogP contribution < -0.4 is 0 Å². The smallest absolute Gasteiger partial charge is 0.357 e. The van der Waals surface area contributed by atoms with Gasteiger partial charge in [-0.05, 0) is 25.0 Å². The zero-order chi connectivity index (χ0) is 13.8. The van der Waals surface area contributed by atoms with Crippen molar-refractivity contribution >= 4 is 11.8 Å². The fraction of sp³-hybridized carbons (Fsp3) is 0.467. The topological polar surface area (TPSA) is 46.6 Å². The molecule has 2 rings (SSSR count). The lowest BCUT2D eigenvalue weighted by molar-refractivity contribution is -0.124. The van der Waals surface area contributed by atoms with Gasteiger partial charge in [-0.1, -0.05) is 31.5 Å². The van der Waals surface area contributed by atoms with E-state index in [4.69, 9.17) is 4.84 Å². The Hall–Kier alpha value is -1.68. The van der Waals surface area contributed by atoms with Crippen molar-refractivity contribution in [1.82, 2.24) is 5.06 Å². The molecule has 1 aromatic carbocycles. The van der Waals surface area contributed by atoms with E-state index in [2.05, 4.69) is 6.92 Å². The summed E-state index contributed by atoms with van der Waals surface area (Å²) in [5.74, 6) is 0.0689. The summed E-state index contributed by atoms with van der Waals surface area (Å²) in [6, 6.07) is 8.89. The molecule has 1 fully saturated rings. The lowest BCUT2D eigenvalue weighted by Crippen LogP contribution is -2.26. The van der Waals surface area contributed by atoms with Crippen LogP contribution in [0.4, 0.5) is 0 Å². The molecule has 19 heavy (non-hydrogen) atoms. The molecule has 102 valence electrons. The molecule has 1 aliphatic heterocycles. The van der Waals surface area contributed by atoms with Crippen molar-refractivity contribution in [2.45, 2.75) is 20.3 Å². The van der Waals surface area contributed by atoms with Crippen LogP contribution in [0.1, 0.15) is 30.6 Å². The fourth-order valence-corrected chi connectivity index (χ4v) is 2.52. The van der Waals surface area contributed by atoms with E-state index in [1.54, 1.807) is 36.3 Å². The van der Waals surface area contributed by atoms with Crippen molar-refractivity contribution in [2.75, 3.05) is 13.1 Å². The molecule has 0 unspecified atom stereocenters. The summed E-state index contributed by atoms with van der Waals surface area (Å²) >= 11 is 0. The normalized spacial score (nSPS) is 23.3. The molecule has 0 spiro atoms. The molecule has 0 amide bonds. The maximum absolute atomic E-state index is 11.9. The van der Waals surface area contributed by atoms with Gasteiger partial charge in [-0.15, -0.1) is 5.06 Å². The Morgan fingerprint density at radius 1 is 1.26 bits per heavy atom. The summed E-state index contributed by atoms with van der Waals surface area (Å²) in [7, 11) is 0. The van der Waals surface area contributed by atoms with E-state index in [-0.39, 0.29) is 23.6 Å². The third-order valence-electron chi connectivity index (χ3n) is 3.68. The van der Waals surface area contributed by atoms with Gasteiger partial charge in [0.15, 0.2) is 0 Å². The van der Waals surface area contributed by atoms with E-state index >= 15 is 0 Å². The zero-order valence-electron chi connectivity index (χ0n) is 11.3. The first-order valence-corrected chi connectivity index (χ1v) is 6.64. The number of nitrogens with zero attached hydrogens (tertiary/aromatic N) is 1. The van der Waals surface area contributed by atoms with Gasteiger partial charge in [0, 0.05) is 19.0 Å². The molecule has 1 aromatic rings. The number of ketones is 1. The lowest BCUT2D eigenvalue weighted by Gasteiger charge is -2.14. The van der Waals surface area contributed by atoms with Crippen molar-refractivity contribution in [2.24, 2.45) is 11.8 Å². The molecular weight excluding hydrogens is 242 g/mol. The highest BCUT2D eigenvalue weighted by atomic mass is 16.7. The van der Waals surface area contributed by atoms with Crippen LogP contribution in [0.2, 0.25) is 0 Å². The van der Waals surface area contributed by atoms with Gasteiger partial charge in [-0.25, -0.2) is 4.79 Å². The number of hydrogen-bond donors (Lipinski definition) is 0. The third-order valence-corrected chi connectivity index (χ3v) is 3.68. The van der Waals surface area contributed by atoms with Crippen LogP contribution in [0.3, 0.4) is 0 Å². The molecule has 0 bridgehead atoms. The highest BCUT2D eigenvalue weighted by molar-refractivity contribution is 5.89. The van der Waals surface area contributed by atoms with Crippen LogP contribution in [-0.2, 0) is 9.63 Å². The second-order valence-electron chi connectivity index (χ2n) is 4.98. The Kier molecular flexibility index (Phi) is 4.32. The number of Topliss-reactive ketones (excluding diaryl/α,β-unsaturated/α-hetero) is 1. The van der Waals surface area contributed by atoms with Gasteiger partial charge < -0.3 is 4.84 Å². The summed E-state index contributed by atoms with van der Waals surface area (Å²) < 4.78 is 0. The van der Waals surface area contributed by atoms with Gasteiger partial charge in [-0.3, -0.25) is 4.79 Å². The average Bonchev–Trinajstić information content (AvgIpc) is 2.83. The monoisotopic (exact) mass is 261 g/mol. The van der Waals surface area contributed by atoms with Crippen LogP contribution in [0.5, 0.6) is 0 Å². The van der Waals surface area contributed by atoms with Crippen molar-refractivity contribution in [3.63, 3.8) is 0 Å². The molecule has 1 saturated heterocycles. The number of benzene rings is 1. The van der Waals surface area contributed by atoms with Crippen LogP contribution in [0.25, 0.3) is 0 Å². The van der Waals surface area contributed by atoms with Crippen LogP contribution in [0, 0.1) is 11.8 Å².